The summed E-state index contributed by atoms with van der Waals surface area (Å²) in [6.07, 6.45) is 3.07. The Hall–Kier alpha value is -2.30. The monoisotopic (exact) mass is 383 g/mol. The number of hydrogen-bond donors (Lipinski definition) is 3. The third kappa shape index (κ3) is 5.90. The zero-order valence-electron chi connectivity index (χ0n) is 14.6. The van der Waals surface area contributed by atoms with Crippen molar-refractivity contribution in [1.82, 2.24) is 24.9 Å². The third-order valence-corrected chi connectivity index (χ3v) is 5.06. The first-order chi connectivity index (χ1) is 12.3. The average Bonchev–Trinajstić information content (AvgIpc) is 3.07. The van der Waals surface area contributed by atoms with Crippen LogP contribution < -0.4 is 10.0 Å². The van der Waals surface area contributed by atoms with E-state index in [9.17, 15) is 17.6 Å². The van der Waals surface area contributed by atoms with Crippen molar-refractivity contribution in [2.75, 3.05) is 27.2 Å². The van der Waals surface area contributed by atoms with Crippen molar-refractivity contribution in [2.24, 2.45) is 0 Å². The van der Waals surface area contributed by atoms with Gasteiger partial charge in [-0.1, -0.05) is 0 Å². The molecule has 0 saturated carbocycles. The molecule has 1 amide bonds. The molecule has 0 aliphatic rings. The van der Waals surface area contributed by atoms with Gasteiger partial charge in [0.25, 0.3) is 0 Å². The van der Waals surface area contributed by atoms with Crippen LogP contribution in [0.1, 0.15) is 5.69 Å². The second-order valence-electron chi connectivity index (χ2n) is 6.00. The van der Waals surface area contributed by atoms with E-state index in [1.54, 1.807) is 0 Å². The van der Waals surface area contributed by atoms with Crippen LogP contribution >= 0.6 is 0 Å². The fourth-order valence-electron chi connectivity index (χ4n) is 2.20. The first-order valence-corrected chi connectivity index (χ1v) is 9.44. The van der Waals surface area contributed by atoms with Crippen LogP contribution in [-0.4, -0.2) is 62.4 Å². The average molecular weight is 383 g/mol. The number of nitrogens with zero attached hydrogens (tertiary/aromatic N) is 2. The van der Waals surface area contributed by atoms with E-state index in [0.717, 1.165) is 24.3 Å². The molecule has 0 radical (unpaired) electrons. The maximum atomic E-state index is 13.0. The lowest BCUT2D eigenvalue weighted by Gasteiger charge is -2.19. The zero-order valence-corrected chi connectivity index (χ0v) is 15.4. The van der Waals surface area contributed by atoms with Gasteiger partial charge in [-0.25, -0.2) is 17.8 Å². The molecule has 0 bridgehead atoms. The van der Waals surface area contributed by atoms with Gasteiger partial charge in [0.2, 0.25) is 15.9 Å². The van der Waals surface area contributed by atoms with Crippen molar-refractivity contribution in [3.8, 4) is 0 Å². The molecule has 8 nitrogen and oxygen atoms in total. The predicted molar refractivity (Wildman–Crippen MR) is 94.4 cm³/mol. The van der Waals surface area contributed by atoms with Crippen molar-refractivity contribution >= 4 is 15.9 Å². The van der Waals surface area contributed by atoms with Gasteiger partial charge in [0, 0.05) is 31.4 Å². The molecule has 10 heteroatoms. The minimum atomic E-state index is -3.99. The topological polar surface area (TPSA) is 107 Å². The van der Waals surface area contributed by atoms with Gasteiger partial charge < -0.3 is 15.2 Å². The van der Waals surface area contributed by atoms with E-state index in [4.69, 9.17) is 0 Å². The minimum absolute atomic E-state index is 0.105. The number of H-pyrrole nitrogens is 1. The molecule has 1 heterocycles. The van der Waals surface area contributed by atoms with Gasteiger partial charge >= 0.3 is 0 Å². The molecule has 0 unspecified atom stereocenters. The highest BCUT2D eigenvalue weighted by atomic mass is 32.2. The molecule has 2 aromatic rings. The zero-order chi connectivity index (χ0) is 19.2. The number of sulfonamides is 1. The molecule has 1 atom stereocenters. The molecular weight excluding hydrogens is 361 g/mol. The quantitative estimate of drug-likeness (QED) is 0.570. The van der Waals surface area contributed by atoms with Gasteiger partial charge in [-0.2, -0.15) is 4.72 Å². The Labute approximate surface area is 151 Å². The van der Waals surface area contributed by atoms with E-state index < -0.39 is 27.8 Å². The lowest BCUT2D eigenvalue weighted by Crippen LogP contribution is -2.49. The number of carbonyl (C=O) groups excluding carboxylic acids is 1. The van der Waals surface area contributed by atoms with Crippen molar-refractivity contribution < 1.29 is 17.6 Å². The Morgan fingerprint density at radius 3 is 2.58 bits per heavy atom. The molecule has 26 heavy (non-hydrogen) atoms. The summed E-state index contributed by atoms with van der Waals surface area (Å²) in [7, 11) is -0.255. The van der Waals surface area contributed by atoms with Gasteiger partial charge in [0.15, 0.2) is 0 Å². The van der Waals surface area contributed by atoms with E-state index in [2.05, 4.69) is 20.0 Å². The number of benzene rings is 1. The molecular formula is C16H22FN5O3S. The minimum Gasteiger partial charge on any atom is -0.353 e. The number of rotatable bonds is 9. The summed E-state index contributed by atoms with van der Waals surface area (Å²) in [5.41, 5.74) is 0.611. The standard InChI is InChI=1S/C16H22FN5O3S/c1-22(2)8-7-19-16(23)15(9-13-10-18-11-20-13)21-26(24,25)14-5-3-12(17)4-6-14/h3-6,10-11,15,21H,7-9H2,1-2H3,(H,18,20)(H,19,23)/t15-/m1/s1. The van der Waals surface area contributed by atoms with E-state index in [1.807, 2.05) is 19.0 Å². The molecule has 0 aliphatic carbocycles. The number of carbonyl (C=O) groups is 1. The molecule has 0 aliphatic heterocycles. The Balaban J connectivity index is 2.14. The number of halogens is 1. The number of imidazole rings is 1. The smallest absolute Gasteiger partial charge is 0.241 e. The Morgan fingerprint density at radius 1 is 1.31 bits per heavy atom. The van der Waals surface area contributed by atoms with Crippen LogP contribution in [0.4, 0.5) is 4.39 Å². The van der Waals surface area contributed by atoms with Crippen LogP contribution in [-0.2, 0) is 21.2 Å². The van der Waals surface area contributed by atoms with Crippen molar-refractivity contribution in [2.45, 2.75) is 17.4 Å². The molecule has 0 spiro atoms. The number of amides is 1. The van der Waals surface area contributed by atoms with Crippen molar-refractivity contribution in [1.29, 1.82) is 0 Å². The second kappa shape index (κ2) is 8.88. The second-order valence-corrected chi connectivity index (χ2v) is 7.72. The summed E-state index contributed by atoms with van der Waals surface area (Å²) in [5, 5.41) is 2.71. The van der Waals surface area contributed by atoms with Gasteiger partial charge in [0.05, 0.1) is 11.2 Å². The van der Waals surface area contributed by atoms with E-state index in [-0.39, 0.29) is 11.3 Å². The normalized spacial score (nSPS) is 12.9. The highest BCUT2D eigenvalue weighted by molar-refractivity contribution is 7.89. The maximum absolute atomic E-state index is 13.0. The first-order valence-electron chi connectivity index (χ1n) is 7.95. The van der Waals surface area contributed by atoms with Crippen LogP contribution in [0.3, 0.4) is 0 Å². The Morgan fingerprint density at radius 2 is 2.00 bits per heavy atom. The summed E-state index contributed by atoms with van der Waals surface area (Å²) in [6, 6.07) is 3.36. The summed E-state index contributed by atoms with van der Waals surface area (Å²) in [5.74, 6) is -0.994. The van der Waals surface area contributed by atoms with E-state index >= 15 is 0 Å². The number of likely N-dealkylation sites (N-methyl/N-ethyl adjacent to an activating group) is 1. The number of hydrogen-bond acceptors (Lipinski definition) is 5. The van der Waals surface area contributed by atoms with Crippen LogP contribution in [0.2, 0.25) is 0 Å². The van der Waals surface area contributed by atoms with Gasteiger partial charge in [-0.3, -0.25) is 4.79 Å². The van der Waals surface area contributed by atoms with Crippen molar-refractivity contribution in [3.05, 3.63) is 48.3 Å². The summed E-state index contributed by atoms with van der Waals surface area (Å²) < 4.78 is 40.5. The fourth-order valence-corrected chi connectivity index (χ4v) is 3.39. The van der Waals surface area contributed by atoms with E-state index in [0.29, 0.717) is 18.8 Å². The highest BCUT2D eigenvalue weighted by Gasteiger charge is 2.26. The molecule has 3 N–H and O–H groups in total. The molecule has 142 valence electrons. The lowest BCUT2D eigenvalue weighted by molar-refractivity contribution is -0.122. The number of nitrogens with one attached hydrogen (secondary N) is 3. The van der Waals surface area contributed by atoms with Gasteiger partial charge in [-0.15, -0.1) is 0 Å². The van der Waals surface area contributed by atoms with Crippen LogP contribution in [0.5, 0.6) is 0 Å². The number of aromatic amines is 1. The molecule has 2 rings (SSSR count). The SMILES string of the molecule is CN(C)CCNC(=O)[C@@H](Cc1cnc[nH]1)NS(=O)(=O)c1ccc(F)cc1. The Bertz CT molecular complexity index is 807. The summed E-state index contributed by atoms with van der Waals surface area (Å²) >= 11 is 0. The largest absolute Gasteiger partial charge is 0.353 e. The predicted octanol–water partition coefficient (Wildman–Crippen LogP) is 0.116. The van der Waals surface area contributed by atoms with Crippen LogP contribution in [0.15, 0.2) is 41.7 Å². The molecule has 1 aromatic carbocycles. The number of aromatic nitrogens is 2. The Kier molecular flexibility index (Phi) is 6.83. The van der Waals surface area contributed by atoms with Crippen LogP contribution in [0, 0.1) is 5.82 Å². The van der Waals surface area contributed by atoms with Crippen LogP contribution in [0.25, 0.3) is 0 Å². The van der Waals surface area contributed by atoms with Gasteiger partial charge in [0.1, 0.15) is 11.9 Å². The summed E-state index contributed by atoms with van der Waals surface area (Å²) in [6.45, 7) is 0.997. The first kappa shape index (κ1) is 20.0. The third-order valence-electron chi connectivity index (χ3n) is 3.57. The van der Waals surface area contributed by atoms with E-state index in [1.165, 1.54) is 12.5 Å². The molecule has 0 fully saturated rings. The molecule has 1 aromatic heterocycles. The highest BCUT2D eigenvalue weighted by Crippen LogP contribution is 2.11. The maximum Gasteiger partial charge on any atom is 0.241 e. The summed E-state index contributed by atoms with van der Waals surface area (Å²) in [4.78, 5) is 21.0. The fraction of sp³-hybridized carbons (Fsp3) is 0.375. The lowest BCUT2D eigenvalue weighted by atomic mass is 10.1. The van der Waals surface area contributed by atoms with Gasteiger partial charge in [-0.05, 0) is 38.4 Å². The molecule has 0 saturated heterocycles. The van der Waals surface area contributed by atoms with Crippen molar-refractivity contribution in [3.63, 3.8) is 0 Å².